The van der Waals surface area contributed by atoms with Gasteiger partial charge < -0.3 is 9.47 Å². The molecule has 0 bridgehead atoms. The van der Waals surface area contributed by atoms with Crippen molar-refractivity contribution >= 4 is 5.78 Å². The minimum Gasteiger partial charge on any atom is -0.497 e. The second-order valence-corrected chi connectivity index (χ2v) is 5.61. The predicted octanol–water partition coefficient (Wildman–Crippen LogP) is 4.01. The Hall–Kier alpha value is -2.29. The number of ketones is 1. The summed E-state index contributed by atoms with van der Waals surface area (Å²) in [4.78, 5) is 13.0. The average Bonchev–Trinajstić information content (AvgIpc) is 2.73. The maximum atomic E-state index is 13.0. The molecule has 0 saturated heterocycles. The number of carbonyl (C=O) groups excluding carboxylic acids is 1. The van der Waals surface area contributed by atoms with Gasteiger partial charge in [-0.3, -0.25) is 4.79 Å². The Labute approximate surface area is 130 Å². The van der Waals surface area contributed by atoms with Crippen molar-refractivity contribution in [2.75, 3.05) is 14.2 Å². The van der Waals surface area contributed by atoms with Crippen LogP contribution in [0.4, 0.5) is 0 Å². The van der Waals surface area contributed by atoms with Gasteiger partial charge in [-0.15, -0.1) is 0 Å². The van der Waals surface area contributed by atoms with Gasteiger partial charge in [-0.2, -0.15) is 0 Å². The first-order valence-electron chi connectivity index (χ1n) is 7.58. The minimum atomic E-state index is -0.0928. The summed E-state index contributed by atoms with van der Waals surface area (Å²) >= 11 is 0. The van der Waals surface area contributed by atoms with Crippen LogP contribution in [0, 0.1) is 0 Å². The van der Waals surface area contributed by atoms with Crippen LogP contribution in [0.15, 0.2) is 42.5 Å². The topological polar surface area (TPSA) is 35.5 Å². The zero-order valence-electron chi connectivity index (χ0n) is 13.0. The highest BCUT2D eigenvalue weighted by Crippen LogP contribution is 2.34. The Morgan fingerprint density at radius 2 is 1.77 bits per heavy atom. The van der Waals surface area contributed by atoms with Crippen molar-refractivity contribution in [3.8, 4) is 11.5 Å². The molecule has 0 fully saturated rings. The highest BCUT2D eigenvalue weighted by atomic mass is 16.5. The highest BCUT2D eigenvalue weighted by molar-refractivity contribution is 6.02. The number of methoxy groups -OCH3 is 2. The number of hydrogen-bond donors (Lipinski definition) is 0. The smallest absolute Gasteiger partial charge is 0.170 e. The quantitative estimate of drug-likeness (QED) is 0.803. The van der Waals surface area contributed by atoms with E-state index < -0.39 is 0 Å². The number of hydrogen-bond acceptors (Lipinski definition) is 3. The predicted molar refractivity (Wildman–Crippen MR) is 86.0 cm³/mol. The molecular formula is C19H20O3. The van der Waals surface area contributed by atoms with Gasteiger partial charge in [0.05, 0.1) is 14.2 Å². The van der Waals surface area contributed by atoms with Crippen LogP contribution in [-0.4, -0.2) is 20.0 Å². The molecule has 0 aromatic heterocycles. The summed E-state index contributed by atoms with van der Waals surface area (Å²) in [6.07, 6.45) is 2.77. The first-order valence-corrected chi connectivity index (χ1v) is 7.58. The molecule has 3 nitrogen and oxygen atoms in total. The first kappa shape index (κ1) is 14.6. The second-order valence-electron chi connectivity index (χ2n) is 5.61. The van der Waals surface area contributed by atoms with E-state index in [2.05, 4.69) is 0 Å². The van der Waals surface area contributed by atoms with Crippen molar-refractivity contribution < 1.29 is 14.3 Å². The summed E-state index contributed by atoms with van der Waals surface area (Å²) in [5.41, 5.74) is 2.95. The molecular weight excluding hydrogens is 276 g/mol. The molecule has 1 aliphatic rings. The molecule has 1 unspecified atom stereocenters. The Kier molecular flexibility index (Phi) is 4.14. The van der Waals surface area contributed by atoms with Crippen LogP contribution in [0.1, 0.15) is 40.2 Å². The van der Waals surface area contributed by atoms with Crippen molar-refractivity contribution in [2.45, 2.75) is 25.2 Å². The number of rotatable bonds is 3. The number of ether oxygens (including phenoxy) is 2. The van der Waals surface area contributed by atoms with Gasteiger partial charge in [0, 0.05) is 11.5 Å². The molecule has 1 aliphatic carbocycles. The van der Waals surface area contributed by atoms with E-state index in [0.29, 0.717) is 0 Å². The summed E-state index contributed by atoms with van der Waals surface area (Å²) in [7, 11) is 3.30. The van der Waals surface area contributed by atoms with Crippen molar-refractivity contribution in [2.24, 2.45) is 0 Å². The molecule has 22 heavy (non-hydrogen) atoms. The number of aryl methyl sites for hydroxylation is 1. The van der Waals surface area contributed by atoms with Gasteiger partial charge in [-0.25, -0.2) is 0 Å². The molecule has 3 heteroatoms. The van der Waals surface area contributed by atoms with E-state index in [4.69, 9.17) is 9.47 Å². The maximum absolute atomic E-state index is 13.0. The lowest BCUT2D eigenvalue weighted by Gasteiger charge is -2.15. The monoisotopic (exact) mass is 296 g/mol. The number of Topliss-reactive ketones (excluding diaryl/α,β-unsaturated/α-hetero) is 1. The summed E-state index contributed by atoms with van der Waals surface area (Å²) < 4.78 is 10.6. The second kappa shape index (κ2) is 6.22. The van der Waals surface area contributed by atoms with Gasteiger partial charge in [0.15, 0.2) is 5.78 Å². The first-order chi connectivity index (χ1) is 10.7. The Morgan fingerprint density at radius 3 is 2.55 bits per heavy atom. The van der Waals surface area contributed by atoms with Crippen LogP contribution in [-0.2, 0) is 6.42 Å². The van der Waals surface area contributed by atoms with Crippen molar-refractivity contribution in [3.05, 3.63) is 59.2 Å². The van der Waals surface area contributed by atoms with Gasteiger partial charge in [0.25, 0.3) is 0 Å². The Balaban J connectivity index is 1.98. The van der Waals surface area contributed by atoms with Gasteiger partial charge in [0.1, 0.15) is 11.5 Å². The summed E-state index contributed by atoms with van der Waals surface area (Å²) in [5, 5.41) is 0. The lowest BCUT2D eigenvalue weighted by molar-refractivity contribution is 0.0957. The van der Waals surface area contributed by atoms with Gasteiger partial charge in [-0.1, -0.05) is 12.1 Å². The lowest BCUT2D eigenvalue weighted by Crippen LogP contribution is -2.12. The number of carbonyl (C=O) groups is 1. The van der Waals surface area contributed by atoms with Gasteiger partial charge in [0.2, 0.25) is 0 Å². The normalized spacial score (nSPS) is 17.5. The van der Waals surface area contributed by atoms with Crippen LogP contribution in [0.25, 0.3) is 0 Å². The maximum Gasteiger partial charge on any atom is 0.170 e. The van der Waals surface area contributed by atoms with E-state index in [9.17, 15) is 4.79 Å². The third kappa shape index (κ3) is 2.71. The van der Waals surface area contributed by atoms with Crippen LogP contribution in [0.2, 0.25) is 0 Å². The fourth-order valence-corrected chi connectivity index (χ4v) is 3.14. The molecule has 0 aliphatic heterocycles. The van der Waals surface area contributed by atoms with Crippen LogP contribution >= 0.6 is 0 Å². The molecule has 0 radical (unpaired) electrons. The van der Waals surface area contributed by atoms with Gasteiger partial charge >= 0.3 is 0 Å². The number of fused-ring (bicyclic) bond motifs is 1. The largest absolute Gasteiger partial charge is 0.497 e. The third-order valence-electron chi connectivity index (χ3n) is 4.33. The molecule has 0 N–H and O–H groups in total. The fraction of sp³-hybridized carbons (Fsp3) is 0.316. The minimum absolute atomic E-state index is 0.0928. The zero-order chi connectivity index (χ0) is 15.5. The molecule has 0 saturated carbocycles. The Morgan fingerprint density at radius 1 is 1.00 bits per heavy atom. The third-order valence-corrected chi connectivity index (χ3v) is 4.33. The van der Waals surface area contributed by atoms with E-state index in [1.165, 1.54) is 0 Å². The number of benzene rings is 2. The van der Waals surface area contributed by atoms with Gasteiger partial charge in [-0.05, 0) is 60.7 Å². The molecule has 0 heterocycles. The molecule has 114 valence electrons. The Bertz CT molecular complexity index is 691. The molecule has 0 amide bonds. The molecule has 3 rings (SSSR count). The van der Waals surface area contributed by atoms with E-state index in [-0.39, 0.29) is 11.7 Å². The zero-order valence-corrected chi connectivity index (χ0v) is 13.0. The SMILES string of the molecule is COc1cccc(C2CCCc3cc(OC)ccc3C2=O)c1. The van der Waals surface area contributed by atoms with E-state index >= 15 is 0 Å². The van der Waals surface area contributed by atoms with Crippen LogP contribution in [0.5, 0.6) is 11.5 Å². The summed E-state index contributed by atoms with van der Waals surface area (Å²) in [5.74, 6) is 1.71. The molecule has 2 aromatic rings. The summed E-state index contributed by atoms with van der Waals surface area (Å²) in [6.45, 7) is 0. The standard InChI is InChI=1S/C19H20O3/c1-21-15-7-3-5-13(11-15)17-8-4-6-14-12-16(22-2)9-10-18(14)19(17)20/h3,5,7,9-12,17H,4,6,8H2,1-2H3. The average molecular weight is 296 g/mol. The fourth-order valence-electron chi connectivity index (χ4n) is 3.14. The summed E-state index contributed by atoms with van der Waals surface area (Å²) in [6, 6.07) is 13.6. The van der Waals surface area contributed by atoms with Crippen LogP contribution in [0.3, 0.4) is 0 Å². The lowest BCUT2D eigenvalue weighted by atomic mass is 9.88. The van der Waals surface area contributed by atoms with E-state index in [1.807, 2.05) is 42.5 Å². The van der Waals surface area contributed by atoms with Crippen LogP contribution < -0.4 is 9.47 Å². The highest BCUT2D eigenvalue weighted by Gasteiger charge is 2.27. The van der Waals surface area contributed by atoms with Crippen molar-refractivity contribution in [1.82, 2.24) is 0 Å². The molecule has 2 aromatic carbocycles. The van der Waals surface area contributed by atoms with Crippen molar-refractivity contribution in [1.29, 1.82) is 0 Å². The van der Waals surface area contributed by atoms with E-state index in [0.717, 1.165) is 47.5 Å². The van der Waals surface area contributed by atoms with E-state index in [1.54, 1.807) is 14.2 Å². The van der Waals surface area contributed by atoms with Crippen molar-refractivity contribution in [3.63, 3.8) is 0 Å². The molecule has 0 spiro atoms. The molecule has 1 atom stereocenters.